The van der Waals surface area contributed by atoms with Crippen LogP contribution in [0.2, 0.25) is 0 Å². The zero-order valence-electron chi connectivity index (χ0n) is 11.7. The van der Waals surface area contributed by atoms with Crippen molar-refractivity contribution in [2.24, 2.45) is 11.3 Å². The van der Waals surface area contributed by atoms with E-state index in [1.807, 2.05) is 6.92 Å². The summed E-state index contributed by atoms with van der Waals surface area (Å²) in [6.45, 7) is 7.04. The summed E-state index contributed by atoms with van der Waals surface area (Å²) in [6, 6.07) is -0.198. The summed E-state index contributed by atoms with van der Waals surface area (Å²) in [5.74, 6) is -1.35. The standard InChI is InChI=1S/C13H21N3O3/c1-8(2)13(4,12(18)19)5-11(17)16-9(3)10-6-14-15-7-10/h6-9H,5H2,1-4H3,(H,14,15)(H,16,17)(H,18,19). The van der Waals surface area contributed by atoms with Crippen molar-refractivity contribution in [3.63, 3.8) is 0 Å². The molecule has 1 aromatic rings. The van der Waals surface area contributed by atoms with Crippen molar-refractivity contribution < 1.29 is 14.7 Å². The van der Waals surface area contributed by atoms with Crippen molar-refractivity contribution in [3.8, 4) is 0 Å². The molecule has 1 rings (SSSR count). The zero-order chi connectivity index (χ0) is 14.6. The summed E-state index contributed by atoms with van der Waals surface area (Å²) in [5, 5.41) is 18.5. The predicted molar refractivity (Wildman–Crippen MR) is 70.3 cm³/mol. The molecule has 0 saturated carbocycles. The molecule has 6 nitrogen and oxygen atoms in total. The number of nitrogens with zero attached hydrogens (tertiary/aromatic N) is 1. The van der Waals surface area contributed by atoms with E-state index in [0.29, 0.717) is 0 Å². The number of aromatic nitrogens is 2. The average Bonchev–Trinajstić information content (AvgIpc) is 2.81. The van der Waals surface area contributed by atoms with Crippen LogP contribution in [0.25, 0.3) is 0 Å². The Hall–Kier alpha value is -1.85. The van der Waals surface area contributed by atoms with Gasteiger partial charge in [-0.3, -0.25) is 14.7 Å². The van der Waals surface area contributed by atoms with Crippen molar-refractivity contribution in [2.75, 3.05) is 0 Å². The average molecular weight is 267 g/mol. The molecule has 0 radical (unpaired) electrons. The normalized spacial score (nSPS) is 15.8. The minimum atomic E-state index is -1.06. The monoisotopic (exact) mass is 267 g/mol. The molecule has 2 atom stereocenters. The molecular weight excluding hydrogens is 246 g/mol. The quantitative estimate of drug-likeness (QED) is 0.731. The zero-order valence-corrected chi connectivity index (χ0v) is 11.7. The van der Waals surface area contributed by atoms with Crippen LogP contribution in [0.3, 0.4) is 0 Å². The van der Waals surface area contributed by atoms with E-state index in [9.17, 15) is 14.7 Å². The second-order valence-electron chi connectivity index (χ2n) is 5.37. The summed E-state index contributed by atoms with van der Waals surface area (Å²) in [6.07, 6.45) is 3.29. The molecule has 6 heteroatoms. The summed E-state index contributed by atoms with van der Waals surface area (Å²) >= 11 is 0. The number of aromatic amines is 1. The number of H-pyrrole nitrogens is 1. The Bertz CT molecular complexity index is 442. The van der Waals surface area contributed by atoms with Gasteiger partial charge < -0.3 is 10.4 Å². The number of hydrogen-bond donors (Lipinski definition) is 3. The van der Waals surface area contributed by atoms with E-state index in [1.54, 1.807) is 33.2 Å². The van der Waals surface area contributed by atoms with E-state index in [2.05, 4.69) is 15.5 Å². The minimum Gasteiger partial charge on any atom is -0.481 e. The lowest BCUT2D eigenvalue weighted by molar-refractivity contribution is -0.153. The topological polar surface area (TPSA) is 95.1 Å². The molecule has 0 bridgehead atoms. The van der Waals surface area contributed by atoms with Crippen molar-refractivity contribution in [1.29, 1.82) is 0 Å². The Morgan fingerprint density at radius 1 is 1.47 bits per heavy atom. The molecule has 19 heavy (non-hydrogen) atoms. The lowest BCUT2D eigenvalue weighted by Gasteiger charge is -2.28. The van der Waals surface area contributed by atoms with Crippen molar-refractivity contribution in [2.45, 2.75) is 40.2 Å². The number of rotatable bonds is 6. The SMILES string of the molecule is CC(NC(=O)CC(C)(C(=O)O)C(C)C)c1cn[nH]c1. The molecule has 2 unspecified atom stereocenters. The fourth-order valence-electron chi connectivity index (χ4n) is 1.73. The Morgan fingerprint density at radius 2 is 2.11 bits per heavy atom. The maximum Gasteiger partial charge on any atom is 0.310 e. The van der Waals surface area contributed by atoms with Gasteiger partial charge >= 0.3 is 5.97 Å². The molecule has 0 spiro atoms. The number of aliphatic carboxylic acids is 1. The van der Waals surface area contributed by atoms with Crippen LogP contribution < -0.4 is 5.32 Å². The van der Waals surface area contributed by atoms with Crippen LogP contribution in [0.4, 0.5) is 0 Å². The van der Waals surface area contributed by atoms with Gasteiger partial charge in [0.1, 0.15) is 0 Å². The maximum atomic E-state index is 12.0. The third-order valence-electron chi connectivity index (χ3n) is 3.69. The highest BCUT2D eigenvalue weighted by Crippen LogP contribution is 2.31. The molecular formula is C13H21N3O3. The molecule has 106 valence electrons. The van der Waals surface area contributed by atoms with Crippen LogP contribution in [-0.2, 0) is 9.59 Å². The van der Waals surface area contributed by atoms with Gasteiger partial charge in [0.15, 0.2) is 0 Å². The van der Waals surface area contributed by atoms with Gasteiger partial charge in [0, 0.05) is 18.2 Å². The van der Waals surface area contributed by atoms with E-state index in [0.717, 1.165) is 5.56 Å². The highest BCUT2D eigenvalue weighted by atomic mass is 16.4. The fourth-order valence-corrected chi connectivity index (χ4v) is 1.73. The van der Waals surface area contributed by atoms with Crippen molar-refractivity contribution in [1.82, 2.24) is 15.5 Å². The maximum absolute atomic E-state index is 12.0. The molecule has 0 fully saturated rings. The highest BCUT2D eigenvalue weighted by molar-refractivity contribution is 5.85. The smallest absolute Gasteiger partial charge is 0.310 e. The molecule has 0 aliphatic carbocycles. The van der Waals surface area contributed by atoms with E-state index in [4.69, 9.17) is 0 Å². The van der Waals surface area contributed by atoms with Crippen LogP contribution >= 0.6 is 0 Å². The molecule has 1 heterocycles. The number of nitrogens with one attached hydrogen (secondary N) is 2. The Morgan fingerprint density at radius 3 is 2.53 bits per heavy atom. The molecule has 0 aromatic carbocycles. The molecule has 0 saturated heterocycles. The first kappa shape index (κ1) is 15.2. The molecule has 0 aliphatic heterocycles. The van der Waals surface area contributed by atoms with E-state index >= 15 is 0 Å². The van der Waals surface area contributed by atoms with Crippen molar-refractivity contribution in [3.05, 3.63) is 18.0 Å². The highest BCUT2D eigenvalue weighted by Gasteiger charge is 2.38. The van der Waals surface area contributed by atoms with Crippen LogP contribution in [0.5, 0.6) is 0 Å². The van der Waals surface area contributed by atoms with Gasteiger partial charge in [0.25, 0.3) is 0 Å². The molecule has 3 N–H and O–H groups in total. The first-order valence-corrected chi connectivity index (χ1v) is 6.28. The van der Waals surface area contributed by atoms with Gasteiger partial charge in [-0.2, -0.15) is 5.10 Å². The Kier molecular flexibility index (Phi) is 4.69. The van der Waals surface area contributed by atoms with E-state index in [-0.39, 0.29) is 24.3 Å². The third-order valence-corrected chi connectivity index (χ3v) is 3.69. The fraction of sp³-hybridized carbons (Fsp3) is 0.615. The summed E-state index contributed by atoms with van der Waals surface area (Å²) in [5.41, 5.74) is -0.199. The Labute approximate surface area is 112 Å². The summed E-state index contributed by atoms with van der Waals surface area (Å²) in [4.78, 5) is 23.3. The largest absolute Gasteiger partial charge is 0.481 e. The summed E-state index contributed by atoms with van der Waals surface area (Å²) in [7, 11) is 0. The number of carboxylic acids is 1. The minimum absolute atomic E-state index is 0.0395. The van der Waals surface area contributed by atoms with Gasteiger partial charge in [-0.15, -0.1) is 0 Å². The van der Waals surface area contributed by atoms with Crippen LogP contribution in [0.15, 0.2) is 12.4 Å². The van der Waals surface area contributed by atoms with E-state index in [1.165, 1.54) is 0 Å². The van der Waals surface area contributed by atoms with Crippen LogP contribution in [0, 0.1) is 11.3 Å². The number of amides is 1. The number of carbonyl (C=O) groups excluding carboxylic acids is 1. The van der Waals surface area contributed by atoms with Gasteiger partial charge in [-0.1, -0.05) is 13.8 Å². The second-order valence-corrected chi connectivity index (χ2v) is 5.37. The van der Waals surface area contributed by atoms with Crippen molar-refractivity contribution >= 4 is 11.9 Å². The molecule has 0 aliphatic rings. The van der Waals surface area contributed by atoms with E-state index < -0.39 is 11.4 Å². The Balaban J connectivity index is 2.66. The van der Waals surface area contributed by atoms with Gasteiger partial charge in [0.05, 0.1) is 17.7 Å². The number of carboxylic acid groups (broad SMARTS) is 1. The lowest BCUT2D eigenvalue weighted by Crippen LogP contribution is -2.39. The van der Waals surface area contributed by atoms with Gasteiger partial charge in [0.2, 0.25) is 5.91 Å². The lowest BCUT2D eigenvalue weighted by atomic mass is 9.76. The second kappa shape index (κ2) is 5.86. The van der Waals surface area contributed by atoms with Crippen LogP contribution in [-0.4, -0.2) is 27.2 Å². The third kappa shape index (κ3) is 3.56. The first-order chi connectivity index (χ1) is 8.77. The van der Waals surface area contributed by atoms with Crippen LogP contribution in [0.1, 0.15) is 45.7 Å². The first-order valence-electron chi connectivity index (χ1n) is 6.28. The van der Waals surface area contributed by atoms with Gasteiger partial charge in [-0.25, -0.2) is 0 Å². The van der Waals surface area contributed by atoms with Gasteiger partial charge in [-0.05, 0) is 19.8 Å². The summed E-state index contributed by atoms with van der Waals surface area (Å²) < 4.78 is 0. The molecule has 1 amide bonds. The molecule has 1 aromatic heterocycles. The number of carbonyl (C=O) groups is 2. The number of hydrogen-bond acceptors (Lipinski definition) is 3. The predicted octanol–water partition coefficient (Wildman–Crippen LogP) is 1.72.